The van der Waals surface area contributed by atoms with Gasteiger partial charge in [-0.25, -0.2) is 13.2 Å². The van der Waals surface area contributed by atoms with Crippen LogP contribution in [-0.2, 0) is 19.6 Å². The number of carbonyl (C=O) groups excluding carboxylic acids is 1. The van der Waals surface area contributed by atoms with Gasteiger partial charge >= 0.3 is 5.97 Å². The summed E-state index contributed by atoms with van der Waals surface area (Å²) in [5.41, 5.74) is 0.162. The molecule has 1 aromatic rings. The van der Waals surface area contributed by atoms with E-state index in [1.165, 1.54) is 30.3 Å². The van der Waals surface area contributed by atoms with Crippen molar-refractivity contribution in [1.29, 1.82) is 0 Å². The third-order valence-electron chi connectivity index (χ3n) is 3.34. The number of sulfonamides is 1. The average Bonchev–Trinajstić information content (AvgIpc) is 2.48. The van der Waals surface area contributed by atoms with E-state index in [1.807, 2.05) is 0 Å². The predicted octanol–water partition coefficient (Wildman–Crippen LogP) is 1.28. The Labute approximate surface area is 122 Å². The fourth-order valence-electron chi connectivity index (χ4n) is 2.34. The lowest BCUT2D eigenvalue weighted by molar-refractivity contribution is -0.142. The lowest BCUT2D eigenvalue weighted by Crippen LogP contribution is -2.47. The Balaban J connectivity index is 2.42. The monoisotopic (exact) mass is 310 g/mol. The third-order valence-corrected chi connectivity index (χ3v) is 5.24. The summed E-state index contributed by atoms with van der Waals surface area (Å²) in [6.07, 6.45) is 2.93. The first-order valence-corrected chi connectivity index (χ1v) is 7.83. The van der Waals surface area contributed by atoms with Gasteiger partial charge in [-0.2, -0.15) is 9.30 Å². The van der Waals surface area contributed by atoms with Crippen molar-refractivity contribution in [3.8, 4) is 0 Å². The Hall–Kier alpha value is -2.02. The Morgan fingerprint density at radius 1 is 1.38 bits per heavy atom. The molecule has 1 atom stereocenters. The maximum Gasteiger partial charge on any atom is 0.322 e. The lowest BCUT2D eigenvalue weighted by atomic mass is 10.1. The Kier molecular flexibility index (Phi) is 4.52. The SMILES string of the molecule is O=C=Nc1cccc(S(=O)(=O)N2CCCCC2C(=O)O)c1. The highest BCUT2D eigenvalue weighted by atomic mass is 32.2. The first kappa shape index (κ1) is 15.4. The predicted molar refractivity (Wildman–Crippen MR) is 73.4 cm³/mol. The topological polar surface area (TPSA) is 104 Å². The molecular formula is C13H14N2O5S. The number of carboxylic acids is 1. The van der Waals surface area contributed by atoms with Crippen LogP contribution in [0.5, 0.6) is 0 Å². The molecule has 1 aromatic carbocycles. The molecule has 2 rings (SSSR count). The van der Waals surface area contributed by atoms with Gasteiger partial charge in [-0.1, -0.05) is 6.07 Å². The summed E-state index contributed by atoms with van der Waals surface area (Å²) in [6.45, 7) is 0.167. The van der Waals surface area contributed by atoms with Gasteiger partial charge < -0.3 is 5.11 Å². The maximum atomic E-state index is 12.6. The second-order valence-corrected chi connectivity index (χ2v) is 6.56. The zero-order valence-corrected chi connectivity index (χ0v) is 11.9. The molecule has 0 bridgehead atoms. The van der Waals surface area contributed by atoms with Crippen LogP contribution in [0.15, 0.2) is 34.2 Å². The number of hydrogen-bond acceptors (Lipinski definition) is 5. The van der Waals surface area contributed by atoms with E-state index in [0.29, 0.717) is 19.3 Å². The molecule has 0 saturated carbocycles. The van der Waals surface area contributed by atoms with Crippen molar-refractivity contribution >= 4 is 27.8 Å². The van der Waals surface area contributed by atoms with Gasteiger partial charge in [0, 0.05) is 6.54 Å². The highest BCUT2D eigenvalue weighted by Gasteiger charge is 2.37. The third kappa shape index (κ3) is 3.18. The molecule has 8 heteroatoms. The molecule has 0 radical (unpaired) electrons. The largest absolute Gasteiger partial charge is 0.480 e. The normalized spacial score (nSPS) is 19.7. The molecule has 7 nitrogen and oxygen atoms in total. The van der Waals surface area contributed by atoms with Crippen molar-refractivity contribution in [3.63, 3.8) is 0 Å². The van der Waals surface area contributed by atoms with Crippen LogP contribution in [-0.4, -0.2) is 42.5 Å². The number of benzene rings is 1. The number of aliphatic carboxylic acids is 1. The first-order valence-electron chi connectivity index (χ1n) is 6.39. The van der Waals surface area contributed by atoms with Gasteiger partial charge in [0.25, 0.3) is 0 Å². The number of aliphatic imine (C=N–C) groups is 1. The van der Waals surface area contributed by atoms with E-state index < -0.39 is 22.0 Å². The molecular weight excluding hydrogens is 296 g/mol. The zero-order chi connectivity index (χ0) is 15.5. The number of carboxylic acid groups (broad SMARTS) is 1. The Bertz CT molecular complexity index is 694. The van der Waals surface area contributed by atoms with Crippen molar-refractivity contribution < 1.29 is 23.1 Å². The first-order chi connectivity index (χ1) is 9.96. The number of rotatable bonds is 4. The van der Waals surface area contributed by atoms with Gasteiger partial charge in [0.15, 0.2) is 0 Å². The summed E-state index contributed by atoms with van der Waals surface area (Å²) in [6, 6.07) is 4.44. The molecule has 1 saturated heterocycles. The van der Waals surface area contributed by atoms with Gasteiger partial charge in [-0.15, -0.1) is 0 Å². The Morgan fingerprint density at radius 3 is 2.81 bits per heavy atom. The minimum atomic E-state index is -3.93. The fraction of sp³-hybridized carbons (Fsp3) is 0.385. The molecule has 0 aromatic heterocycles. The number of nitrogens with zero attached hydrogens (tertiary/aromatic N) is 2. The summed E-state index contributed by atoms with van der Waals surface area (Å²) < 4.78 is 26.2. The molecule has 21 heavy (non-hydrogen) atoms. The number of carbonyl (C=O) groups is 1. The van der Waals surface area contributed by atoms with Crippen molar-refractivity contribution in [3.05, 3.63) is 24.3 Å². The van der Waals surface area contributed by atoms with E-state index in [-0.39, 0.29) is 17.1 Å². The second kappa shape index (κ2) is 6.17. The van der Waals surface area contributed by atoms with E-state index in [0.717, 1.165) is 4.31 Å². The molecule has 0 amide bonds. The van der Waals surface area contributed by atoms with E-state index in [9.17, 15) is 23.1 Å². The summed E-state index contributed by atoms with van der Waals surface area (Å²) in [5.74, 6) is -1.15. The molecule has 1 N–H and O–H groups in total. The van der Waals surface area contributed by atoms with Crippen LogP contribution in [0, 0.1) is 0 Å². The van der Waals surface area contributed by atoms with Gasteiger partial charge in [-0.05, 0) is 37.5 Å². The zero-order valence-electron chi connectivity index (χ0n) is 11.1. The van der Waals surface area contributed by atoms with Crippen LogP contribution in [0.4, 0.5) is 5.69 Å². The standard InChI is InChI=1S/C13H14N2O5S/c16-9-14-10-4-3-5-11(8-10)21(19,20)15-7-2-1-6-12(15)13(17)18/h3-5,8,12H,1-2,6-7H2,(H,17,18). The number of isocyanates is 1. The van der Waals surface area contributed by atoms with Crippen LogP contribution in [0.3, 0.4) is 0 Å². The molecule has 1 fully saturated rings. The molecule has 1 heterocycles. The van der Waals surface area contributed by atoms with E-state index in [1.54, 1.807) is 0 Å². The smallest absolute Gasteiger partial charge is 0.322 e. The summed E-state index contributed by atoms with van der Waals surface area (Å²) in [4.78, 5) is 24.8. The summed E-state index contributed by atoms with van der Waals surface area (Å²) in [7, 11) is -3.93. The van der Waals surface area contributed by atoms with Crippen molar-refractivity contribution in [2.75, 3.05) is 6.54 Å². The van der Waals surface area contributed by atoms with Gasteiger partial charge in [0.2, 0.25) is 16.1 Å². The van der Waals surface area contributed by atoms with Gasteiger partial charge in [0.05, 0.1) is 10.6 Å². The number of hydrogen-bond donors (Lipinski definition) is 1. The van der Waals surface area contributed by atoms with Crippen LogP contribution in [0.1, 0.15) is 19.3 Å². The molecule has 1 aliphatic heterocycles. The Morgan fingerprint density at radius 2 is 2.14 bits per heavy atom. The average molecular weight is 310 g/mol. The second-order valence-electron chi connectivity index (χ2n) is 4.67. The van der Waals surface area contributed by atoms with Crippen LogP contribution in [0.2, 0.25) is 0 Å². The lowest BCUT2D eigenvalue weighted by Gasteiger charge is -2.31. The highest BCUT2D eigenvalue weighted by Crippen LogP contribution is 2.27. The van der Waals surface area contributed by atoms with Crippen LogP contribution >= 0.6 is 0 Å². The number of piperidine rings is 1. The van der Waals surface area contributed by atoms with Gasteiger partial charge in [0.1, 0.15) is 6.04 Å². The maximum absolute atomic E-state index is 12.6. The summed E-state index contributed by atoms with van der Waals surface area (Å²) in [5, 5.41) is 9.18. The van der Waals surface area contributed by atoms with E-state index in [4.69, 9.17) is 0 Å². The van der Waals surface area contributed by atoms with E-state index >= 15 is 0 Å². The fourth-order valence-corrected chi connectivity index (χ4v) is 4.03. The minimum absolute atomic E-state index is 0.0767. The van der Waals surface area contributed by atoms with Crippen molar-refractivity contribution in [1.82, 2.24) is 4.31 Å². The van der Waals surface area contributed by atoms with Crippen molar-refractivity contribution in [2.45, 2.75) is 30.2 Å². The van der Waals surface area contributed by atoms with E-state index in [2.05, 4.69) is 4.99 Å². The molecule has 0 aliphatic carbocycles. The minimum Gasteiger partial charge on any atom is -0.480 e. The van der Waals surface area contributed by atoms with Crippen molar-refractivity contribution in [2.24, 2.45) is 4.99 Å². The highest BCUT2D eigenvalue weighted by molar-refractivity contribution is 7.89. The van der Waals surface area contributed by atoms with Gasteiger partial charge in [-0.3, -0.25) is 4.79 Å². The van der Waals surface area contributed by atoms with Crippen LogP contribution in [0.25, 0.3) is 0 Å². The van der Waals surface area contributed by atoms with Crippen LogP contribution < -0.4 is 0 Å². The molecule has 1 unspecified atom stereocenters. The summed E-state index contributed by atoms with van der Waals surface area (Å²) >= 11 is 0. The molecule has 1 aliphatic rings. The quantitative estimate of drug-likeness (QED) is 0.666. The molecule has 112 valence electrons. The molecule has 0 spiro atoms.